The van der Waals surface area contributed by atoms with E-state index in [1.165, 1.54) is 10.8 Å². The molecule has 110 valence electrons. The lowest BCUT2D eigenvalue weighted by Gasteiger charge is -1.96. The third-order valence-corrected chi connectivity index (χ3v) is 3.47. The van der Waals surface area contributed by atoms with Gasteiger partial charge in [-0.3, -0.25) is 0 Å². The number of hydrogen-bond donors (Lipinski definition) is 0. The molecule has 0 fully saturated rings. The van der Waals surface area contributed by atoms with Crippen LogP contribution in [0.15, 0.2) is 66.7 Å². The van der Waals surface area contributed by atoms with Crippen LogP contribution >= 0.6 is 0 Å². The Labute approximate surface area is 133 Å². The van der Waals surface area contributed by atoms with E-state index in [1.54, 1.807) is 24.3 Å². The van der Waals surface area contributed by atoms with Gasteiger partial charge in [0.2, 0.25) is 0 Å². The van der Waals surface area contributed by atoms with Gasteiger partial charge in [0, 0.05) is 5.56 Å². The van der Waals surface area contributed by atoms with E-state index < -0.39 is 11.9 Å². The van der Waals surface area contributed by atoms with Crippen LogP contribution in [-0.4, -0.2) is 11.9 Å². The highest BCUT2D eigenvalue weighted by Gasteiger charge is 2.28. The number of benzene rings is 3. The number of carbonyl (C=O) groups excluding carboxylic acids is 2. The van der Waals surface area contributed by atoms with Crippen molar-refractivity contribution in [2.45, 2.75) is 0 Å². The lowest BCUT2D eigenvalue weighted by atomic mass is 10.1. The fourth-order valence-corrected chi connectivity index (χ4v) is 2.31. The van der Waals surface area contributed by atoms with Crippen LogP contribution in [0.1, 0.15) is 26.3 Å². The molecule has 0 atom stereocenters. The lowest BCUT2D eigenvalue weighted by molar-refractivity contribution is 0.0444. The van der Waals surface area contributed by atoms with Crippen molar-refractivity contribution in [1.82, 2.24) is 0 Å². The standard InChI is InChI=1S/C12H8.C8H4O3/c1-2-10-7-8-11-5-3-4-6-12(11)9-10;9-7-5-3-1-2-4-6(5)8(10)11-7/h1,3-9H;1-4H. The quantitative estimate of drug-likeness (QED) is 0.360. The van der Waals surface area contributed by atoms with Gasteiger partial charge in [-0.25, -0.2) is 9.59 Å². The summed E-state index contributed by atoms with van der Waals surface area (Å²) in [7, 11) is 0. The first-order valence-corrected chi connectivity index (χ1v) is 7.00. The molecule has 0 spiro atoms. The molecular formula is C20H12O3. The Kier molecular flexibility index (Phi) is 3.90. The van der Waals surface area contributed by atoms with E-state index >= 15 is 0 Å². The molecule has 3 aromatic rings. The molecule has 0 amide bonds. The monoisotopic (exact) mass is 300 g/mol. The number of cyclic esters (lactones) is 2. The molecule has 1 aliphatic rings. The van der Waals surface area contributed by atoms with Gasteiger partial charge in [-0.15, -0.1) is 6.42 Å². The van der Waals surface area contributed by atoms with Crippen molar-refractivity contribution >= 4 is 22.7 Å². The smallest absolute Gasteiger partial charge is 0.346 e. The largest absolute Gasteiger partial charge is 0.386 e. The molecule has 0 N–H and O–H groups in total. The molecule has 0 radical (unpaired) electrons. The Hall–Kier alpha value is -3.38. The average molecular weight is 300 g/mol. The van der Waals surface area contributed by atoms with E-state index in [1.807, 2.05) is 30.3 Å². The second kappa shape index (κ2) is 6.17. The molecule has 0 unspecified atom stereocenters. The number of hydrogen-bond acceptors (Lipinski definition) is 3. The highest BCUT2D eigenvalue weighted by Crippen LogP contribution is 2.18. The van der Waals surface area contributed by atoms with Gasteiger partial charge >= 0.3 is 11.9 Å². The van der Waals surface area contributed by atoms with Crippen molar-refractivity contribution in [3.05, 3.63) is 83.4 Å². The molecule has 3 nitrogen and oxygen atoms in total. The fourth-order valence-electron chi connectivity index (χ4n) is 2.31. The minimum Gasteiger partial charge on any atom is -0.386 e. The number of ether oxygens (including phenoxy) is 1. The number of rotatable bonds is 0. The van der Waals surface area contributed by atoms with Crippen molar-refractivity contribution in [2.75, 3.05) is 0 Å². The molecule has 1 aliphatic heterocycles. The average Bonchev–Trinajstić information content (AvgIpc) is 2.90. The number of esters is 2. The zero-order valence-corrected chi connectivity index (χ0v) is 12.2. The van der Waals surface area contributed by atoms with Gasteiger partial charge in [-0.2, -0.15) is 0 Å². The lowest BCUT2D eigenvalue weighted by Crippen LogP contribution is -1.96. The zero-order valence-electron chi connectivity index (χ0n) is 12.2. The Morgan fingerprint density at radius 3 is 1.91 bits per heavy atom. The van der Waals surface area contributed by atoms with Crippen LogP contribution in [0, 0.1) is 12.3 Å². The molecule has 0 aromatic heterocycles. The number of fused-ring (bicyclic) bond motifs is 2. The second-order valence-corrected chi connectivity index (χ2v) is 4.93. The van der Waals surface area contributed by atoms with E-state index in [4.69, 9.17) is 6.42 Å². The van der Waals surface area contributed by atoms with Crippen molar-refractivity contribution in [3.8, 4) is 12.3 Å². The van der Waals surface area contributed by atoms with Gasteiger partial charge in [0.25, 0.3) is 0 Å². The summed E-state index contributed by atoms with van der Waals surface area (Å²) in [5.41, 5.74) is 1.66. The number of carbonyl (C=O) groups is 2. The summed E-state index contributed by atoms with van der Waals surface area (Å²) in [6, 6.07) is 20.7. The van der Waals surface area contributed by atoms with Gasteiger partial charge in [-0.1, -0.05) is 48.4 Å². The second-order valence-electron chi connectivity index (χ2n) is 4.93. The van der Waals surface area contributed by atoms with Gasteiger partial charge in [0.15, 0.2) is 0 Å². The molecule has 0 bridgehead atoms. The first-order valence-electron chi connectivity index (χ1n) is 7.00. The Balaban J connectivity index is 0.000000136. The van der Waals surface area contributed by atoms with Gasteiger partial charge in [0.1, 0.15) is 0 Å². The normalized spacial score (nSPS) is 12.0. The predicted octanol–water partition coefficient (Wildman–Crippen LogP) is 3.82. The summed E-state index contributed by atoms with van der Waals surface area (Å²) in [4.78, 5) is 21.7. The Morgan fingerprint density at radius 2 is 1.30 bits per heavy atom. The summed E-state index contributed by atoms with van der Waals surface area (Å²) >= 11 is 0. The first-order chi connectivity index (χ1) is 11.2. The van der Waals surface area contributed by atoms with Crippen LogP contribution in [0.4, 0.5) is 0 Å². The third kappa shape index (κ3) is 2.97. The summed E-state index contributed by atoms with van der Waals surface area (Å²) in [5.74, 6) is 1.52. The molecule has 3 aromatic carbocycles. The van der Waals surface area contributed by atoms with E-state index in [0.29, 0.717) is 11.1 Å². The summed E-state index contributed by atoms with van der Waals surface area (Å²) in [5, 5.41) is 2.43. The molecule has 0 aliphatic carbocycles. The Morgan fingerprint density at radius 1 is 0.739 bits per heavy atom. The van der Waals surface area contributed by atoms with Crippen molar-refractivity contribution < 1.29 is 14.3 Å². The van der Waals surface area contributed by atoms with Gasteiger partial charge < -0.3 is 4.74 Å². The van der Waals surface area contributed by atoms with Crippen LogP contribution < -0.4 is 0 Å². The fraction of sp³-hybridized carbons (Fsp3) is 0. The molecule has 3 heteroatoms. The van der Waals surface area contributed by atoms with Crippen molar-refractivity contribution in [2.24, 2.45) is 0 Å². The van der Waals surface area contributed by atoms with Crippen molar-refractivity contribution in [1.29, 1.82) is 0 Å². The topological polar surface area (TPSA) is 43.4 Å². The van der Waals surface area contributed by atoms with E-state index in [9.17, 15) is 9.59 Å². The van der Waals surface area contributed by atoms with Gasteiger partial charge in [0.05, 0.1) is 11.1 Å². The van der Waals surface area contributed by atoms with E-state index in [-0.39, 0.29) is 0 Å². The first kappa shape index (κ1) is 14.6. The maximum atomic E-state index is 10.8. The molecule has 23 heavy (non-hydrogen) atoms. The van der Waals surface area contributed by atoms with E-state index in [2.05, 4.69) is 22.8 Å². The number of terminal acetylenes is 1. The predicted molar refractivity (Wildman–Crippen MR) is 88.1 cm³/mol. The van der Waals surface area contributed by atoms with Crippen LogP contribution in [0.25, 0.3) is 10.8 Å². The molecular weight excluding hydrogens is 288 g/mol. The van der Waals surface area contributed by atoms with Crippen LogP contribution in [0.2, 0.25) is 0 Å². The molecule has 0 saturated carbocycles. The molecule has 1 heterocycles. The van der Waals surface area contributed by atoms with Crippen LogP contribution in [0.3, 0.4) is 0 Å². The van der Waals surface area contributed by atoms with Gasteiger partial charge in [-0.05, 0) is 35.0 Å². The van der Waals surface area contributed by atoms with Crippen LogP contribution in [-0.2, 0) is 4.74 Å². The summed E-state index contributed by atoms with van der Waals surface area (Å²) in [6.45, 7) is 0. The van der Waals surface area contributed by atoms with E-state index in [0.717, 1.165) is 5.56 Å². The minimum atomic E-state index is -0.550. The van der Waals surface area contributed by atoms with Crippen molar-refractivity contribution in [3.63, 3.8) is 0 Å². The Bertz CT molecular complexity index is 915. The SMILES string of the molecule is C#Cc1ccc2ccccc2c1.O=C1OC(=O)c2ccccc21. The minimum absolute atomic E-state index is 0.359. The highest BCUT2D eigenvalue weighted by atomic mass is 16.6. The zero-order chi connectivity index (χ0) is 16.2. The maximum absolute atomic E-state index is 10.8. The maximum Gasteiger partial charge on any atom is 0.346 e. The van der Waals surface area contributed by atoms with Crippen LogP contribution in [0.5, 0.6) is 0 Å². The molecule has 0 saturated heterocycles. The molecule has 4 rings (SSSR count). The summed E-state index contributed by atoms with van der Waals surface area (Å²) < 4.78 is 4.35. The highest BCUT2D eigenvalue weighted by molar-refractivity contribution is 6.14. The third-order valence-electron chi connectivity index (χ3n) is 3.47. The summed E-state index contributed by atoms with van der Waals surface area (Å²) in [6.07, 6.45) is 5.29.